The number of esters is 1. The Kier molecular flexibility index (Phi) is 5.94. The largest absolute Gasteiger partial charge is 0.458 e. The van der Waals surface area contributed by atoms with E-state index in [1.165, 1.54) is 6.92 Å². The van der Waals surface area contributed by atoms with E-state index in [4.69, 9.17) is 9.47 Å². The number of ether oxygens (including phenoxy) is 2. The molecule has 0 fully saturated rings. The summed E-state index contributed by atoms with van der Waals surface area (Å²) in [5, 5.41) is 12.3. The molecule has 1 amide bonds. The van der Waals surface area contributed by atoms with Crippen LogP contribution in [0.25, 0.3) is 11.1 Å². The molecule has 1 aliphatic rings. The first-order chi connectivity index (χ1) is 13.7. The number of aliphatic hydroxyl groups is 1. The molecule has 154 valence electrons. The highest BCUT2D eigenvalue weighted by Crippen LogP contribution is 2.44. The molecule has 0 spiro atoms. The van der Waals surface area contributed by atoms with Gasteiger partial charge in [0.25, 0.3) is 0 Å². The van der Waals surface area contributed by atoms with Crippen molar-refractivity contribution in [1.82, 2.24) is 5.32 Å². The Morgan fingerprint density at radius 3 is 2.03 bits per heavy atom. The molecule has 2 N–H and O–H groups in total. The Morgan fingerprint density at radius 1 is 1.03 bits per heavy atom. The van der Waals surface area contributed by atoms with E-state index in [0.717, 1.165) is 22.3 Å². The van der Waals surface area contributed by atoms with E-state index in [0.29, 0.717) is 0 Å². The predicted octanol–water partition coefficient (Wildman–Crippen LogP) is 3.62. The maximum atomic E-state index is 12.4. The molecule has 6 nitrogen and oxygen atoms in total. The van der Waals surface area contributed by atoms with Gasteiger partial charge in [0.15, 0.2) is 6.04 Å². The summed E-state index contributed by atoms with van der Waals surface area (Å²) in [7, 11) is 0. The van der Waals surface area contributed by atoms with E-state index in [1.807, 2.05) is 36.4 Å². The lowest BCUT2D eigenvalue weighted by molar-refractivity contribution is -0.160. The Balaban J connectivity index is 1.68. The van der Waals surface area contributed by atoms with Gasteiger partial charge in [0.1, 0.15) is 12.2 Å². The van der Waals surface area contributed by atoms with Crippen molar-refractivity contribution in [2.75, 3.05) is 6.61 Å². The first-order valence-corrected chi connectivity index (χ1v) is 9.70. The molecule has 0 bridgehead atoms. The second-order valence-electron chi connectivity index (χ2n) is 8.22. The topological polar surface area (TPSA) is 84.9 Å². The lowest BCUT2D eigenvalue weighted by Crippen LogP contribution is -2.50. The molecule has 0 saturated carbocycles. The molecule has 2 atom stereocenters. The summed E-state index contributed by atoms with van der Waals surface area (Å²) < 4.78 is 10.7. The SMILES string of the molecule is C[C@H](O)[C@H](NC(=O)OCC1c2ccccc2-c2ccccc21)C(=O)OC(C)(C)C. The van der Waals surface area contributed by atoms with Gasteiger partial charge in [-0.2, -0.15) is 0 Å². The van der Waals surface area contributed by atoms with Crippen molar-refractivity contribution in [1.29, 1.82) is 0 Å². The molecule has 6 heteroatoms. The van der Waals surface area contributed by atoms with Gasteiger partial charge in [-0.15, -0.1) is 0 Å². The van der Waals surface area contributed by atoms with Crippen molar-refractivity contribution in [2.24, 2.45) is 0 Å². The summed E-state index contributed by atoms with van der Waals surface area (Å²) in [6.45, 7) is 6.70. The fourth-order valence-corrected chi connectivity index (χ4v) is 3.51. The standard InChI is InChI=1S/C23H27NO5/c1-14(25)20(21(26)29-23(2,3)4)24-22(27)28-13-19-17-11-7-5-9-15(17)16-10-6-8-12-18(16)19/h5-12,14,19-20,25H,13H2,1-4H3,(H,24,27)/t14-,20-/m0/s1. The van der Waals surface area contributed by atoms with Crippen LogP contribution in [0.1, 0.15) is 44.7 Å². The number of carbonyl (C=O) groups excluding carboxylic acids is 2. The first-order valence-electron chi connectivity index (χ1n) is 9.70. The molecule has 0 aromatic heterocycles. The Morgan fingerprint density at radius 2 is 1.55 bits per heavy atom. The van der Waals surface area contributed by atoms with Gasteiger partial charge in [-0.3, -0.25) is 0 Å². The molecule has 0 unspecified atom stereocenters. The van der Waals surface area contributed by atoms with Crippen molar-refractivity contribution in [3.8, 4) is 11.1 Å². The van der Waals surface area contributed by atoms with Gasteiger partial charge in [-0.1, -0.05) is 48.5 Å². The number of hydrogen-bond acceptors (Lipinski definition) is 5. The van der Waals surface area contributed by atoms with Crippen molar-refractivity contribution in [3.05, 3.63) is 59.7 Å². The third kappa shape index (κ3) is 4.77. The normalized spacial score (nSPS) is 15.1. The van der Waals surface area contributed by atoms with Crippen LogP contribution in [0.3, 0.4) is 0 Å². The van der Waals surface area contributed by atoms with Crippen LogP contribution in [-0.4, -0.2) is 41.5 Å². The van der Waals surface area contributed by atoms with E-state index in [1.54, 1.807) is 20.8 Å². The van der Waals surface area contributed by atoms with Crippen LogP contribution < -0.4 is 5.32 Å². The van der Waals surface area contributed by atoms with E-state index in [2.05, 4.69) is 17.4 Å². The fraction of sp³-hybridized carbons (Fsp3) is 0.391. The number of rotatable bonds is 5. The van der Waals surface area contributed by atoms with Crippen molar-refractivity contribution < 1.29 is 24.2 Å². The summed E-state index contributed by atoms with van der Waals surface area (Å²) in [4.78, 5) is 24.6. The zero-order valence-electron chi connectivity index (χ0n) is 17.1. The smallest absolute Gasteiger partial charge is 0.407 e. The second kappa shape index (κ2) is 8.25. The highest BCUT2D eigenvalue weighted by Gasteiger charge is 2.32. The Bertz CT molecular complexity index is 855. The van der Waals surface area contributed by atoms with Crippen molar-refractivity contribution in [2.45, 2.75) is 51.4 Å². The van der Waals surface area contributed by atoms with Crippen LogP contribution in [0.4, 0.5) is 4.79 Å². The fourth-order valence-electron chi connectivity index (χ4n) is 3.51. The number of amides is 1. The average Bonchev–Trinajstić information content (AvgIpc) is 2.96. The zero-order chi connectivity index (χ0) is 21.2. The highest BCUT2D eigenvalue weighted by atomic mass is 16.6. The van der Waals surface area contributed by atoms with Gasteiger partial charge in [-0.05, 0) is 49.9 Å². The molecule has 1 aliphatic carbocycles. The van der Waals surface area contributed by atoms with Gasteiger partial charge < -0.3 is 19.9 Å². The number of aliphatic hydroxyl groups excluding tert-OH is 1. The Labute approximate surface area is 170 Å². The second-order valence-corrected chi connectivity index (χ2v) is 8.22. The third-order valence-corrected chi connectivity index (χ3v) is 4.76. The predicted molar refractivity (Wildman–Crippen MR) is 110 cm³/mol. The first kappa shape index (κ1) is 20.9. The molecular weight excluding hydrogens is 370 g/mol. The molecule has 0 heterocycles. The lowest BCUT2D eigenvalue weighted by atomic mass is 9.98. The quantitative estimate of drug-likeness (QED) is 0.753. The van der Waals surface area contributed by atoms with Crippen molar-refractivity contribution in [3.63, 3.8) is 0 Å². The van der Waals surface area contributed by atoms with Crippen LogP contribution in [0, 0.1) is 0 Å². The van der Waals surface area contributed by atoms with Crippen LogP contribution in [0.2, 0.25) is 0 Å². The minimum atomic E-state index is -1.20. The molecule has 2 aromatic rings. The molecule has 29 heavy (non-hydrogen) atoms. The summed E-state index contributed by atoms with van der Waals surface area (Å²) in [5.41, 5.74) is 3.73. The molecule has 0 saturated heterocycles. The number of benzene rings is 2. The molecule has 0 aliphatic heterocycles. The van der Waals surface area contributed by atoms with Crippen molar-refractivity contribution >= 4 is 12.1 Å². The van der Waals surface area contributed by atoms with Gasteiger partial charge in [0.05, 0.1) is 6.10 Å². The van der Waals surface area contributed by atoms with Crippen LogP contribution >= 0.6 is 0 Å². The summed E-state index contributed by atoms with van der Waals surface area (Å²) in [6.07, 6.45) is -1.89. The van der Waals surface area contributed by atoms with Crippen LogP contribution in [-0.2, 0) is 14.3 Å². The molecule has 3 rings (SSSR count). The monoisotopic (exact) mass is 397 g/mol. The molecule has 2 aromatic carbocycles. The summed E-state index contributed by atoms with van der Waals surface area (Å²) in [6, 6.07) is 14.9. The number of carbonyl (C=O) groups is 2. The van der Waals surface area contributed by atoms with E-state index in [9.17, 15) is 14.7 Å². The number of alkyl carbamates (subject to hydrolysis) is 1. The van der Waals surface area contributed by atoms with E-state index < -0.39 is 29.8 Å². The average molecular weight is 397 g/mol. The minimum Gasteiger partial charge on any atom is -0.458 e. The van der Waals surface area contributed by atoms with Crippen LogP contribution in [0.15, 0.2) is 48.5 Å². The summed E-state index contributed by atoms with van der Waals surface area (Å²) in [5.74, 6) is -0.791. The Hall–Kier alpha value is -2.86. The number of fused-ring (bicyclic) bond motifs is 3. The van der Waals surface area contributed by atoms with Gasteiger partial charge in [0, 0.05) is 5.92 Å². The van der Waals surface area contributed by atoms with E-state index in [-0.39, 0.29) is 12.5 Å². The minimum absolute atomic E-state index is 0.0836. The number of nitrogens with one attached hydrogen (secondary N) is 1. The summed E-state index contributed by atoms with van der Waals surface area (Å²) >= 11 is 0. The maximum Gasteiger partial charge on any atom is 0.407 e. The maximum absolute atomic E-state index is 12.4. The zero-order valence-corrected chi connectivity index (χ0v) is 17.1. The third-order valence-electron chi connectivity index (χ3n) is 4.76. The number of hydrogen-bond donors (Lipinski definition) is 2. The van der Waals surface area contributed by atoms with Crippen LogP contribution in [0.5, 0.6) is 0 Å². The molecular formula is C23H27NO5. The van der Waals surface area contributed by atoms with E-state index >= 15 is 0 Å². The van der Waals surface area contributed by atoms with Gasteiger partial charge >= 0.3 is 12.1 Å². The molecule has 0 radical (unpaired) electrons. The van der Waals surface area contributed by atoms with Gasteiger partial charge in [0.2, 0.25) is 0 Å². The highest BCUT2D eigenvalue weighted by molar-refractivity contribution is 5.82. The lowest BCUT2D eigenvalue weighted by Gasteiger charge is -2.26. The van der Waals surface area contributed by atoms with Gasteiger partial charge in [-0.25, -0.2) is 9.59 Å².